The maximum atomic E-state index is 11.0. The Morgan fingerprint density at radius 2 is 2.14 bits per heavy atom. The van der Waals surface area contributed by atoms with Crippen molar-refractivity contribution in [2.45, 2.75) is 0 Å². The second-order valence-corrected chi connectivity index (χ2v) is 1.07. The Morgan fingerprint density at radius 1 is 1.71 bits per heavy atom. The van der Waals surface area contributed by atoms with Crippen molar-refractivity contribution in [2.75, 3.05) is 12.6 Å². The molecule has 0 aliphatic rings. The van der Waals surface area contributed by atoms with Crippen molar-refractivity contribution in [1.82, 2.24) is 0 Å². The topological polar surface area (TPSA) is 48.6 Å². The van der Waals surface area contributed by atoms with E-state index in [9.17, 15) is 9.18 Å². The van der Waals surface area contributed by atoms with Gasteiger partial charge in [-0.1, -0.05) is 0 Å². The minimum absolute atomic E-state index is 0. The lowest BCUT2D eigenvalue weighted by atomic mass is 10.5. The molecule has 0 aliphatic heterocycles. The standard InChI is InChI=1S/C3H4ClFO.H2O/c4-1-3(6)2-5;/h1-2H2;1H2. The lowest BCUT2D eigenvalue weighted by Gasteiger charge is -1.76. The van der Waals surface area contributed by atoms with Gasteiger partial charge in [-0.25, -0.2) is 4.39 Å². The van der Waals surface area contributed by atoms with Crippen LogP contribution in [0.15, 0.2) is 0 Å². The highest BCUT2D eigenvalue weighted by Gasteiger charge is 1.92. The molecular formula is C3H6ClFO2. The molecule has 0 aromatic rings. The summed E-state index contributed by atoms with van der Waals surface area (Å²) >= 11 is 4.86. The van der Waals surface area contributed by atoms with Crippen molar-refractivity contribution in [3.05, 3.63) is 0 Å². The molecule has 0 unspecified atom stereocenters. The molecule has 0 heterocycles. The molecule has 0 aromatic carbocycles. The fraction of sp³-hybridized carbons (Fsp3) is 0.667. The first-order valence-corrected chi connectivity index (χ1v) is 1.98. The largest absolute Gasteiger partial charge is 0.412 e. The minimum Gasteiger partial charge on any atom is -0.412 e. The average Bonchev–Trinajstić information content (AvgIpc) is 1.65. The number of carbonyl (C=O) groups excluding carboxylic acids is 1. The first-order valence-electron chi connectivity index (χ1n) is 1.45. The van der Waals surface area contributed by atoms with E-state index in [0.29, 0.717) is 0 Å². The zero-order chi connectivity index (χ0) is 4.99. The average molecular weight is 129 g/mol. The fourth-order valence-corrected chi connectivity index (χ4v) is 0.107. The molecule has 0 saturated carbocycles. The maximum absolute atomic E-state index is 11.0. The molecule has 0 rings (SSSR count). The minimum atomic E-state index is -0.941. The van der Waals surface area contributed by atoms with E-state index < -0.39 is 12.5 Å². The van der Waals surface area contributed by atoms with Gasteiger partial charge in [0.2, 0.25) is 0 Å². The summed E-state index contributed by atoms with van der Waals surface area (Å²) in [5.74, 6) is -0.770. The van der Waals surface area contributed by atoms with Gasteiger partial charge in [0.15, 0.2) is 5.78 Å². The Morgan fingerprint density at radius 3 is 2.14 bits per heavy atom. The van der Waals surface area contributed by atoms with Crippen LogP contribution >= 0.6 is 11.6 Å². The number of halogens is 2. The second-order valence-electron chi connectivity index (χ2n) is 0.806. The number of carbonyl (C=O) groups is 1. The fourth-order valence-electron chi connectivity index (χ4n) is 0.0357. The summed E-state index contributed by atoms with van der Waals surface area (Å²) in [6.07, 6.45) is 0. The molecule has 4 heteroatoms. The molecule has 44 valence electrons. The third-order valence-corrected chi connectivity index (χ3v) is 0.596. The van der Waals surface area contributed by atoms with Crippen LogP contribution in [0.1, 0.15) is 0 Å². The third kappa shape index (κ3) is 5.85. The van der Waals surface area contributed by atoms with Gasteiger partial charge in [-0.15, -0.1) is 11.6 Å². The van der Waals surface area contributed by atoms with E-state index in [1.807, 2.05) is 0 Å². The van der Waals surface area contributed by atoms with Crippen LogP contribution in [0, 0.1) is 0 Å². The van der Waals surface area contributed by atoms with Crippen LogP contribution in [0.25, 0.3) is 0 Å². The quantitative estimate of drug-likeness (QED) is 0.481. The van der Waals surface area contributed by atoms with Gasteiger partial charge in [0.25, 0.3) is 0 Å². The van der Waals surface area contributed by atoms with Gasteiger partial charge < -0.3 is 5.48 Å². The highest BCUT2D eigenvalue weighted by molar-refractivity contribution is 6.27. The molecule has 2 nitrogen and oxygen atoms in total. The molecule has 7 heavy (non-hydrogen) atoms. The first kappa shape index (κ1) is 9.97. The highest BCUT2D eigenvalue weighted by Crippen LogP contribution is 1.77. The van der Waals surface area contributed by atoms with Gasteiger partial charge >= 0.3 is 0 Å². The van der Waals surface area contributed by atoms with Crippen LogP contribution in [0.3, 0.4) is 0 Å². The van der Waals surface area contributed by atoms with E-state index in [1.165, 1.54) is 0 Å². The Kier molecular flexibility index (Phi) is 8.33. The molecule has 0 aliphatic carbocycles. The van der Waals surface area contributed by atoms with Crippen LogP contribution in [0.5, 0.6) is 0 Å². The predicted octanol–water partition coefficient (Wildman–Crippen LogP) is -0.0609. The van der Waals surface area contributed by atoms with Crippen molar-refractivity contribution >= 4 is 17.4 Å². The molecule has 0 fully saturated rings. The maximum Gasteiger partial charge on any atom is 0.178 e. The Labute approximate surface area is 45.6 Å². The smallest absolute Gasteiger partial charge is 0.178 e. The van der Waals surface area contributed by atoms with Crippen molar-refractivity contribution < 1.29 is 14.7 Å². The first-order chi connectivity index (χ1) is 2.81. The van der Waals surface area contributed by atoms with Gasteiger partial charge in [-0.2, -0.15) is 0 Å². The number of rotatable bonds is 2. The normalized spacial score (nSPS) is 7.14. The summed E-state index contributed by atoms with van der Waals surface area (Å²) in [4.78, 5) is 9.67. The lowest BCUT2D eigenvalue weighted by molar-refractivity contribution is -0.117. The Hall–Kier alpha value is -0.150. The molecule has 0 radical (unpaired) electrons. The molecule has 0 saturated heterocycles. The van der Waals surface area contributed by atoms with Gasteiger partial charge in [0, 0.05) is 0 Å². The number of alkyl halides is 2. The monoisotopic (exact) mass is 128 g/mol. The van der Waals surface area contributed by atoms with Crippen molar-refractivity contribution in [1.29, 1.82) is 0 Å². The number of hydrogen-bond donors (Lipinski definition) is 0. The van der Waals surface area contributed by atoms with Crippen molar-refractivity contribution in [3.63, 3.8) is 0 Å². The van der Waals surface area contributed by atoms with Crippen LogP contribution in [0.4, 0.5) is 4.39 Å². The second kappa shape index (κ2) is 5.85. The van der Waals surface area contributed by atoms with Gasteiger partial charge in [0.05, 0.1) is 5.88 Å². The predicted molar refractivity (Wildman–Crippen MR) is 25.3 cm³/mol. The molecule has 0 amide bonds. The summed E-state index contributed by atoms with van der Waals surface area (Å²) in [7, 11) is 0. The number of ketones is 1. The van der Waals surface area contributed by atoms with E-state index in [-0.39, 0.29) is 11.4 Å². The van der Waals surface area contributed by atoms with Gasteiger partial charge in [0.1, 0.15) is 6.67 Å². The summed E-state index contributed by atoms with van der Waals surface area (Å²) in [5, 5.41) is 0. The van der Waals surface area contributed by atoms with Crippen LogP contribution in [-0.2, 0) is 4.79 Å². The van der Waals surface area contributed by atoms with Gasteiger partial charge in [-0.3, -0.25) is 4.79 Å². The van der Waals surface area contributed by atoms with Crippen molar-refractivity contribution in [2.24, 2.45) is 0 Å². The molecule has 2 N–H and O–H groups in total. The van der Waals surface area contributed by atoms with Crippen LogP contribution in [0.2, 0.25) is 0 Å². The summed E-state index contributed by atoms with van der Waals surface area (Å²) in [6.45, 7) is -0.941. The molecule has 0 spiro atoms. The SMILES string of the molecule is O.O=C(CF)CCl. The van der Waals surface area contributed by atoms with Crippen molar-refractivity contribution in [3.8, 4) is 0 Å². The lowest BCUT2D eigenvalue weighted by Crippen LogP contribution is -1.99. The van der Waals surface area contributed by atoms with E-state index >= 15 is 0 Å². The third-order valence-electron chi connectivity index (χ3n) is 0.298. The van der Waals surface area contributed by atoms with Gasteiger partial charge in [-0.05, 0) is 0 Å². The zero-order valence-electron chi connectivity index (χ0n) is 3.58. The highest BCUT2D eigenvalue weighted by atomic mass is 35.5. The summed E-state index contributed by atoms with van der Waals surface area (Å²) in [5.41, 5.74) is 0. The zero-order valence-corrected chi connectivity index (χ0v) is 4.33. The van der Waals surface area contributed by atoms with Crippen LogP contribution < -0.4 is 0 Å². The molecule has 0 atom stereocenters. The molecule has 0 bridgehead atoms. The van der Waals surface area contributed by atoms with Crippen LogP contribution in [-0.4, -0.2) is 23.8 Å². The Balaban J connectivity index is 0. The van der Waals surface area contributed by atoms with E-state index in [0.717, 1.165) is 0 Å². The number of hydrogen-bond acceptors (Lipinski definition) is 1. The summed E-state index contributed by atoms with van der Waals surface area (Å²) in [6, 6.07) is 0. The summed E-state index contributed by atoms with van der Waals surface area (Å²) < 4.78 is 11.0. The molecular weight excluding hydrogens is 122 g/mol. The Bertz CT molecular complexity index is 50.9. The number of Topliss-reactive ketones (excluding diaryl/α,β-unsaturated/α-hetero) is 1. The van der Waals surface area contributed by atoms with E-state index in [4.69, 9.17) is 11.6 Å². The molecule has 0 aromatic heterocycles. The van der Waals surface area contributed by atoms with E-state index in [2.05, 4.69) is 0 Å². The van der Waals surface area contributed by atoms with E-state index in [1.54, 1.807) is 0 Å².